The van der Waals surface area contributed by atoms with E-state index in [9.17, 15) is 14.7 Å². The zero-order valence-corrected chi connectivity index (χ0v) is 27.3. The average molecular weight is 645 g/mol. The number of benzene rings is 2. The standard InChI is InChI=1S/C35H45N3O4.2ClH/c1-27-10-12-30(13-11-27)38(33(39)32-9-6-24-42-32)31-14-21-37(22-15-31)23-19-35(16-3-2-4-17-35)18-20-36-26-28-7-5-8-29(25-28)34(40)41;;/h5-13,24-25,31,36H,2-4,14-23,26H2,1H3,(H,40,41);2*1H. The van der Waals surface area contributed by atoms with Gasteiger partial charge in [-0.3, -0.25) is 4.79 Å². The van der Waals surface area contributed by atoms with Gasteiger partial charge >= 0.3 is 5.97 Å². The molecule has 2 fully saturated rings. The molecule has 5 rings (SSSR count). The van der Waals surface area contributed by atoms with Crippen molar-refractivity contribution in [3.8, 4) is 0 Å². The lowest BCUT2D eigenvalue weighted by atomic mass is 9.69. The summed E-state index contributed by atoms with van der Waals surface area (Å²) in [5.74, 6) is -0.555. The number of furan rings is 1. The molecule has 1 amide bonds. The second-order valence-corrected chi connectivity index (χ2v) is 12.3. The number of nitrogens with one attached hydrogen (secondary N) is 1. The van der Waals surface area contributed by atoms with Crippen LogP contribution in [0.1, 0.15) is 89.8 Å². The van der Waals surface area contributed by atoms with Crippen LogP contribution in [0.25, 0.3) is 0 Å². The molecule has 1 aliphatic heterocycles. The molecule has 2 aromatic carbocycles. The van der Waals surface area contributed by atoms with Gasteiger partial charge in [-0.2, -0.15) is 0 Å². The lowest BCUT2D eigenvalue weighted by molar-refractivity contribution is 0.0696. The molecule has 0 atom stereocenters. The molecule has 7 nitrogen and oxygen atoms in total. The summed E-state index contributed by atoms with van der Waals surface area (Å²) in [6.45, 7) is 6.79. The summed E-state index contributed by atoms with van der Waals surface area (Å²) in [5.41, 5.74) is 3.84. The highest BCUT2D eigenvalue weighted by Gasteiger charge is 2.34. The predicted octanol–water partition coefficient (Wildman–Crippen LogP) is 7.76. The molecule has 0 spiro atoms. The molecular formula is C35H47Cl2N3O4. The summed E-state index contributed by atoms with van der Waals surface area (Å²) in [4.78, 5) is 29.3. The number of carbonyl (C=O) groups excluding carboxylic acids is 1. The van der Waals surface area contributed by atoms with Gasteiger partial charge in [0.05, 0.1) is 11.8 Å². The molecule has 240 valence electrons. The minimum Gasteiger partial charge on any atom is -0.478 e. The molecule has 3 aromatic rings. The van der Waals surface area contributed by atoms with Crippen molar-refractivity contribution in [3.05, 3.63) is 89.4 Å². The Kier molecular flexibility index (Phi) is 13.8. The van der Waals surface area contributed by atoms with Gasteiger partial charge in [0.25, 0.3) is 5.91 Å². The minimum absolute atomic E-state index is 0. The van der Waals surface area contributed by atoms with Crippen LogP contribution in [0.4, 0.5) is 5.69 Å². The van der Waals surface area contributed by atoms with Gasteiger partial charge in [-0.1, -0.05) is 49.1 Å². The van der Waals surface area contributed by atoms with Gasteiger partial charge in [0, 0.05) is 31.4 Å². The average Bonchev–Trinajstić information content (AvgIpc) is 3.56. The lowest BCUT2D eigenvalue weighted by Gasteiger charge is -2.42. The minimum atomic E-state index is -0.881. The highest BCUT2D eigenvalue weighted by molar-refractivity contribution is 6.04. The van der Waals surface area contributed by atoms with Crippen molar-refractivity contribution in [2.75, 3.05) is 31.1 Å². The van der Waals surface area contributed by atoms with Gasteiger partial charge in [0.2, 0.25) is 0 Å². The summed E-state index contributed by atoms with van der Waals surface area (Å²) >= 11 is 0. The molecule has 1 saturated heterocycles. The first-order valence-corrected chi connectivity index (χ1v) is 15.6. The first kappa shape index (κ1) is 35.6. The topological polar surface area (TPSA) is 86.0 Å². The number of carboxylic acid groups (broad SMARTS) is 1. The molecule has 2 heterocycles. The van der Waals surface area contributed by atoms with Crippen molar-refractivity contribution in [1.29, 1.82) is 0 Å². The van der Waals surface area contributed by atoms with Gasteiger partial charge < -0.3 is 24.6 Å². The van der Waals surface area contributed by atoms with Crippen molar-refractivity contribution in [3.63, 3.8) is 0 Å². The van der Waals surface area contributed by atoms with Gasteiger partial charge in [0.1, 0.15) is 0 Å². The Morgan fingerprint density at radius 2 is 1.70 bits per heavy atom. The Hall–Kier alpha value is -2.84. The van der Waals surface area contributed by atoms with E-state index in [1.807, 2.05) is 29.2 Å². The molecule has 9 heteroatoms. The van der Waals surface area contributed by atoms with Crippen LogP contribution in [0.2, 0.25) is 0 Å². The Morgan fingerprint density at radius 1 is 0.977 bits per heavy atom. The third kappa shape index (κ3) is 9.33. The monoisotopic (exact) mass is 643 g/mol. The number of aromatic carboxylic acids is 1. The normalized spacial score (nSPS) is 16.8. The van der Waals surface area contributed by atoms with E-state index in [4.69, 9.17) is 4.42 Å². The molecule has 0 unspecified atom stereocenters. The maximum Gasteiger partial charge on any atom is 0.335 e. The quantitative estimate of drug-likeness (QED) is 0.196. The van der Waals surface area contributed by atoms with E-state index < -0.39 is 5.97 Å². The molecule has 1 saturated carbocycles. The van der Waals surface area contributed by atoms with Crippen molar-refractivity contribution in [2.24, 2.45) is 5.41 Å². The first-order valence-electron chi connectivity index (χ1n) is 15.6. The number of likely N-dealkylation sites (tertiary alicyclic amines) is 1. The van der Waals surface area contributed by atoms with E-state index in [2.05, 4.69) is 29.3 Å². The maximum atomic E-state index is 13.5. The SMILES string of the molecule is Cc1ccc(N(C(=O)c2ccco2)C2CCN(CCC3(CCNCc4cccc(C(=O)O)c4)CCCCC3)CC2)cc1.Cl.Cl. The molecule has 2 aliphatic rings. The maximum absolute atomic E-state index is 13.5. The lowest BCUT2D eigenvalue weighted by Crippen LogP contribution is -2.48. The van der Waals surface area contributed by atoms with E-state index in [1.165, 1.54) is 44.1 Å². The number of amides is 1. The first-order chi connectivity index (χ1) is 20.4. The summed E-state index contributed by atoms with van der Waals surface area (Å²) in [7, 11) is 0. The molecule has 0 radical (unpaired) electrons. The van der Waals surface area contributed by atoms with E-state index in [-0.39, 0.29) is 36.8 Å². The summed E-state index contributed by atoms with van der Waals surface area (Å²) < 4.78 is 5.50. The highest BCUT2D eigenvalue weighted by Crippen LogP contribution is 2.42. The number of nitrogens with zero attached hydrogens (tertiary/aromatic N) is 2. The Bertz CT molecular complexity index is 1300. The number of halogens is 2. The Labute approximate surface area is 274 Å². The van der Waals surface area contributed by atoms with E-state index in [0.29, 0.717) is 23.3 Å². The van der Waals surface area contributed by atoms with Crippen molar-refractivity contribution >= 4 is 42.4 Å². The fraction of sp³-hybridized carbons (Fsp3) is 0.486. The molecular weight excluding hydrogens is 597 g/mol. The second-order valence-electron chi connectivity index (χ2n) is 12.3. The van der Waals surface area contributed by atoms with Crippen LogP contribution in [-0.4, -0.2) is 54.1 Å². The third-order valence-electron chi connectivity index (χ3n) is 9.39. The number of piperidine rings is 1. The van der Waals surface area contributed by atoms with Crippen LogP contribution in [0.5, 0.6) is 0 Å². The summed E-state index contributed by atoms with van der Waals surface area (Å²) in [5, 5.41) is 12.9. The Balaban J connectivity index is 0.00000264. The largest absolute Gasteiger partial charge is 0.478 e. The molecule has 0 bridgehead atoms. The van der Waals surface area contributed by atoms with Gasteiger partial charge in [-0.05, 0) is 106 Å². The second kappa shape index (κ2) is 17.0. The summed E-state index contributed by atoms with van der Waals surface area (Å²) in [6, 6.07) is 19.1. The van der Waals surface area contributed by atoms with Crippen LogP contribution >= 0.6 is 24.8 Å². The smallest absolute Gasteiger partial charge is 0.335 e. The third-order valence-corrected chi connectivity index (χ3v) is 9.39. The van der Waals surface area contributed by atoms with Crippen LogP contribution in [0.3, 0.4) is 0 Å². The highest BCUT2D eigenvalue weighted by atomic mass is 35.5. The number of rotatable bonds is 12. The van der Waals surface area contributed by atoms with E-state index >= 15 is 0 Å². The Morgan fingerprint density at radius 3 is 2.36 bits per heavy atom. The van der Waals surface area contributed by atoms with Gasteiger partial charge in [-0.25, -0.2) is 4.79 Å². The zero-order chi connectivity index (χ0) is 29.4. The zero-order valence-electron chi connectivity index (χ0n) is 25.7. The number of aryl methyl sites for hydroxylation is 1. The van der Waals surface area contributed by atoms with Crippen molar-refractivity contribution in [1.82, 2.24) is 10.2 Å². The van der Waals surface area contributed by atoms with Gasteiger partial charge in [-0.15, -0.1) is 24.8 Å². The molecule has 44 heavy (non-hydrogen) atoms. The molecule has 1 aromatic heterocycles. The van der Waals surface area contributed by atoms with Gasteiger partial charge in [0.15, 0.2) is 5.76 Å². The predicted molar refractivity (Wildman–Crippen MR) is 181 cm³/mol. The number of carboxylic acids is 1. The van der Waals surface area contributed by atoms with Crippen molar-refractivity contribution < 1.29 is 19.1 Å². The fourth-order valence-corrected chi connectivity index (χ4v) is 6.84. The number of hydrogen-bond acceptors (Lipinski definition) is 5. The number of carbonyl (C=O) groups is 2. The summed E-state index contributed by atoms with van der Waals surface area (Å²) in [6.07, 6.45) is 12.4. The van der Waals surface area contributed by atoms with Crippen LogP contribution < -0.4 is 10.2 Å². The molecule has 1 aliphatic carbocycles. The number of hydrogen-bond donors (Lipinski definition) is 2. The molecule has 2 N–H and O–H groups in total. The van der Waals surface area contributed by atoms with Crippen molar-refractivity contribution in [2.45, 2.75) is 77.3 Å². The van der Waals surface area contributed by atoms with Crippen LogP contribution in [0, 0.1) is 12.3 Å². The van der Waals surface area contributed by atoms with E-state index in [0.717, 1.165) is 56.7 Å². The van der Waals surface area contributed by atoms with Crippen LogP contribution in [-0.2, 0) is 6.54 Å². The number of anilines is 1. The van der Waals surface area contributed by atoms with Crippen LogP contribution in [0.15, 0.2) is 71.3 Å². The van der Waals surface area contributed by atoms with E-state index in [1.54, 1.807) is 30.5 Å². The fourth-order valence-electron chi connectivity index (χ4n) is 6.84.